The first kappa shape index (κ1) is 18.0. The summed E-state index contributed by atoms with van der Waals surface area (Å²) in [6.07, 6.45) is 6.40. The zero-order valence-electron chi connectivity index (χ0n) is 15.0. The smallest absolute Gasteiger partial charge is 0.00802 e. The van der Waals surface area contributed by atoms with Gasteiger partial charge in [0.25, 0.3) is 0 Å². The van der Waals surface area contributed by atoms with Crippen LogP contribution in [0, 0.1) is 10.8 Å². The second kappa shape index (κ2) is 7.26. The number of nitrogens with one attached hydrogen (secondary N) is 2. The van der Waals surface area contributed by atoms with Crippen molar-refractivity contribution in [2.45, 2.75) is 98.7 Å². The lowest BCUT2D eigenvalue weighted by Gasteiger charge is -2.48. The summed E-state index contributed by atoms with van der Waals surface area (Å²) in [5.41, 5.74) is 0.881. The molecule has 1 aliphatic carbocycles. The van der Waals surface area contributed by atoms with Gasteiger partial charge in [-0.2, -0.15) is 0 Å². The molecule has 0 saturated heterocycles. The number of hydrogen-bond acceptors (Lipinski definition) is 2. The monoisotopic (exact) mass is 282 g/mol. The molecule has 0 bridgehead atoms. The molecule has 1 rings (SSSR count). The van der Waals surface area contributed by atoms with E-state index in [4.69, 9.17) is 0 Å². The highest BCUT2D eigenvalue weighted by Gasteiger charge is 2.41. The maximum atomic E-state index is 3.85. The molecular formula is C18H38N2. The average molecular weight is 283 g/mol. The molecule has 120 valence electrons. The van der Waals surface area contributed by atoms with Crippen LogP contribution in [0.25, 0.3) is 0 Å². The Morgan fingerprint density at radius 1 is 1.00 bits per heavy atom. The lowest BCUT2D eigenvalue weighted by atomic mass is 9.62. The zero-order valence-corrected chi connectivity index (χ0v) is 15.0. The van der Waals surface area contributed by atoms with Crippen LogP contribution in [-0.2, 0) is 0 Å². The van der Waals surface area contributed by atoms with Crippen molar-refractivity contribution >= 4 is 0 Å². The van der Waals surface area contributed by atoms with Gasteiger partial charge in [0.2, 0.25) is 0 Å². The summed E-state index contributed by atoms with van der Waals surface area (Å²) in [7, 11) is 0. The highest BCUT2D eigenvalue weighted by molar-refractivity contribution is 4.96. The molecule has 0 aromatic carbocycles. The number of hydrogen-bond donors (Lipinski definition) is 2. The Labute approximate surface area is 127 Å². The molecule has 4 unspecified atom stereocenters. The van der Waals surface area contributed by atoms with Crippen molar-refractivity contribution in [1.29, 1.82) is 0 Å². The van der Waals surface area contributed by atoms with E-state index < -0.39 is 0 Å². The minimum Gasteiger partial charge on any atom is -0.314 e. The van der Waals surface area contributed by atoms with Crippen LogP contribution in [0.15, 0.2) is 0 Å². The topological polar surface area (TPSA) is 24.1 Å². The molecule has 0 amide bonds. The third-order valence-electron chi connectivity index (χ3n) is 5.07. The second-order valence-electron chi connectivity index (χ2n) is 8.42. The van der Waals surface area contributed by atoms with Gasteiger partial charge in [-0.25, -0.2) is 0 Å². The largest absolute Gasteiger partial charge is 0.314 e. The van der Waals surface area contributed by atoms with Gasteiger partial charge in [0.15, 0.2) is 0 Å². The molecule has 0 aromatic rings. The standard InChI is InChI=1S/C18H38N2/c1-8-14(3)19-13-18(7)11-16(20-15(4)9-2)10-17(5,6)12-18/h14-16,19-20H,8-13H2,1-7H3. The summed E-state index contributed by atoms with van der Waals surface area (Å²) in [4.78, 5) is 0. The van der Waals surface area contributed by atoms with Crippen LogP contribution in [-0.4, -0.2) is 24.7 Å². The van der Waals surface area contributed by atoms with E-state index in [1.54, 1.807) is 0 Å². The Morgan fingerprint density at radius 2 is 1.60 bits per heavy atom. The number of rotatable bonds is 7. The van der Waals surface area contributed by atoms with Gasteiger partial charge in [-0.05, 0) is 56.8 Å². The molecule has 2 N–H and O–H groups in total. The molecule has 0 aromatic heterocycles. The lowest BCUT2D eigenvalue weighted by Crippen LogP contribution is -2.51. The molecule has 0 aliphatic heterocycles. The van der Waals surface area contributed by atoms with Crippen molar-refractivity contribution in [1.82, 2.24) is 10.6 Å². The first-order valence-corrected chi connectivity index (χ1v) is 8.69. The summed E-state index contributed by atoms with van der Waals surface area (Å²) < 4.78 is 0. The quantitative estimate of drug-likeness (QED) is 0.725. The minimum absolute atomic E-state index is 0.427. The van der Waals surface area contributed by atoms with Crippen LogP contribution in [0.1, 0.15) is 80.6 Å². The maximum Gasteiger partial charge on any atom is 0.00802 e. The van der Waals surface area contributed by atoms with Crippen molar-refractivity contribution in [3.63, 3.8) is 0 Å². The first-order valence-electron chi connectivity index (χ1n) is 8.69. The fourth-order valence-corrected chi connectivity index (χ4v) is 3.97. The normalized spacial score (nSPS) is 32.9. The highest BCUT2D eigenvalue weighted by Crippen LogP contribution is 2.45. The minimum atomic E-state index is 0.427. The van der Waals surface area contributed by atoms with E-state index in [1.807, 2.05) is 0 Å². The van der Waals surface area contributed by atoms with Gasteiger partial charge < -0.3 is 10.6 Å². The molecule has 1 fully saturated rings. The van der Waals surface area contributed by atoms with Crippen molar-refractivity contribution in [2.75, 3.05) is 6.54 Å². The predicted octanol–water partition coefficient (Wildman–Crippen LogP) is 4.35. The van der Waals surface area contributed by atoms with Gasteiger partial charge in [0, 0.05) is 24.7 Å². The van der Waals surface area contributed by atoms with Gasteiger partial charge in [-0.15, -0.1) is 0 Å². The van der Waals surface area contributed by atoms with Crippen molar-refractivity contribution in [2.24, 2.45) is 10.8 Å². The highest BCUT2D eigenvalue weighted by atomic mass is 15.0. The zero-order chi connectivity index (χ0) is 15.4. The lowest BCUT2D eigenvalue weighted by molar-refractivity contribution is 0.0646. The van der Waals surface area contributed by atoms with E-state index in [2.05, 4.69) is 59.1 Å². The summed E-state index contributed by atoms with van der Waals surface area (Å²) >= 11 is 0. The summed E-state index contributed by atoms with van der Waals surface area (Å²) in [6.45, 7) is 17.7. The predicted molar refractivity (Wildman–Crippen MR) is 90.2 cm³/mol. The fraction of sp³-hybridized carbons (Fsp3) is 1.00. The van der Waals surface area contributed by atoms with Gasteiger partial charge in [-0.3, -0.25) is 0 Å². The Balaban J connectivity index is 2.65. The molecule has 1 saturated carbocycles. The Morgan fingerprint density at radius 3 is 2.15 bits per heavy atom. The van der Waals surface area contributed by atoms with E-state index in [1.165, 1.54) is 32.1 Å². The molecule has 4 atom stereocenters. The Bertz CT molecular complexity index is 287. The molecule has 2 heteroatoms. The van der Waals surface area contributed by atoms with Crippen molar-refractivity contribution in [3.8, 4) is 0 Å². The summed E-state index contributed by atoms with van der Waals surface area (Å²) in [6, 6.07) is 1.95. The third-order valence-corrected chi connectivity index (χ3v) is 5.07. The van der Waals surface area contributed by atoms with Crippen LogP contribution in [0.3, 0.4) is 0 Å². The Hall–Kier alpha value is -0.0800. The molecular weight excluding hydrogens is 244 g/mol. The Kier molecular flexibility index (Phi) is 6.53. The first-order chi connectivity index (χ1) is 9.19. The van der Waals surface area contributed by atoms with Crippen LogP contribution in [0.2, 0.25) is 0 Å². The second-order valence-corrected chi connectivity index (χ2v) is 8.42. The van der Waals surface area contributed by atoms with Gasteiger partial charge >= 0.3 is 0 Å². The molecule has 0 spiro atoms. The van der Waals surface area contributed by atoms with Crippen LogP contribution in [0.4, 0.5) is 0 Å². The van der Waals surface area contributed by atoms with E-state index in [0.717, 1.165) is 6.54 Å². The average Bonchev–Trinajstić information content (AvgIpc) is 2.33. The molecule has 0 heterocycles. The van der Waals surface area contributed by atoms with Crippen LogP contribution >= 0.6 is 0 Å². The van der Waals surface area contributed by atoms with Crippen LogP contribution < -0.4 is 10.6 Å². The molecule has 2 nitrogen and oxygen atoms in total. The van der Waals surface area contributed by atoms with E-state index in [9.17, 15) is 0 Å². The summed E-state index contributed by atoms with van der Waals surface area (Å²) in [5, 5.41) is 7.59. The van der Waals surface area contributed by atoms with Crippen molar-refractivity contribution in [3.05, 3.63) is 0 Å². The van der Waals surface area contributed by atoms with E-state index in [-0.39, 0.29) is 0 Å². The van der Waals surface area contributed by atoms with Crippen molar-refractivity contribution < 1.29 is 0 Å². The summed E-state index contributed by atoms with van der Waals surface area (Å²) in [5.74, 6) is 0. The third kappa shape index (κ3) is 5.73. The maximum absolute atomic E-state index is 3.85. The SMILES string of the molecule is CCC(C)NCC1(C)CC(NC(C)CC)CC(C)(C)C1. The molecule has 0 radical (unpaired) electrons. The van der Waals surface area contributed by atoms with Gasteiger partial charge in [0.05, 0.1) is 0 Å². The van der Waals surface area contributed by atoms with Gasteiger partial charge in [0.1, 0.15) is 0 Å². The van der Waals surface area contributed by atoms with E-state index in [0.29, 0.717) is 29.0 Å². The molecule has 20 heavy (non-hydrogen) atoms. The van der Waals surface area contributed by atoms with E-state index >= 15 is 0 Å². The van der Waals surface area contributed by atoms with Crippen LogP contribution in [0.5, 0.6) is 0 Å². The van der Waals surface area contributed by atoms with Gasteiger partial charge in [-0.1, -0.05) is 34.6 Å². The molecule has 1 aliphatic rings. The fourth-order valence-electron chi connectivity index (χ4n) is 3.97.